The van der Waals surface area contributed by atoms with Crippen LogP contribution in [0.3, 0.4) is 0 Å². The Morgan fingerprint density at radius 3 is 2.50 bits per heavy atom. The Balaban J connectivity index is 2.32. The minimum absolute atomic E-state index is 0.207. The quantitative estimate of drug-likeness (QED) is 0.191. The molecule has 1 aliphatic rings. The third kappa shape index (κ3) is 10.3. The summed E-state index contributed by atoms with van der Waals surface area (Å²) in [5.74, 6) is 3.69. The Labute approximate surface area is 173 Å². The van der Waals surface area contributed by atoms with E-state index in [1.807, 2.05) is 12.9 Å². The second-order valence-corrected chi connectivity index (χ2v) is 8.07. The number of Topliss-reactive ketones (excluding diaryl/α,β-unsaturated/α-hetero) is 1. The largest absolute Gasteiger partial charge is 0.486 e. The average Bonchev–Trinajstić information content (AvgIpc) is 2.72. The van der Waals surface area contributed by atoms with Gasteiger partial charge in [0.25, 0.3) is 0 Å². The Morgan fingerprint density at radius 1 is 1.14 bits per heavy atom. The van der Waals surface area contributed by atoms with Gasteiger partial charge in [-0.1, -0.05) is 19.3 Å². The summed E-state index contributed by atoms with van der Waals surface area (Å²) in [6, 6.07) is -0.396. The molecule has 0 spiro atoms. The number of ketones is 1. The van der Waals surface area contributed by atoms with Gasteiger partial charge >= 0.3 is 5.97 Å². The van der Waals surface area contributed by atoms with E-state index in [2.05, 4.69) is 5.32 Å². The molecule has 0 aromatic carbocycles. The van der Waals surface area contributed by atoms with Crippen molar-refractivity contribution >= 4 is 29.5 Å². The molecule has 1 fully saturated rings. The van der Waals surface area contributed by atoms with Crippen LogP contribution in [0.4, 0.5) is 0 Å². The number of carbonyl (C=O) groups excluding carboxylic acids is 3. The van der Waals surface area contributed by atoms with Gasteiger partial charge in [0.1, 0.15) is 11.8 Å². The molecule has 0 radical (unpaired) electrons. The SMILES string of the molecule is CCOC(=O)C(CCCSCC(=C=O)OCC)NCCC(=O)C1CCCCC1. The highest BCUT2D eigenvalue weighted by atomic mass is 32.2. The zero-order valence-electron chi connectivity index (χ0n) is 17.3. The standard InChI is InChI=1S/C21H35NO5S/c1-3-26-18(15-23)16-28-14-8-11-19(21(25)27-4-2)22-13-12-20(24)17-9-6-5-7-10-17/h17,19,22H,3-14,16H2,1-2H3. The second-order valence-electron chi connectivity index (χ2n) is 6.96. The molecule has 0 bridgehead atoms. The molecule has 1 aliphatic carbocycles. The van der Waals surface area contributed by atoms with Crippen molar-refractivity contribution in [3.8, 4) is 0 Å². The molecular formula is C21H35NO5S. The molecule has 160 valence electrons. The highest BCUT2D eigenvalue weighted by Gasteiger charge is 2.22. The van der Waals surface area contributed by atoms with Gasteiger partial charge in [-0.3, -0.25) is 9.59 Å². The molecule has 28 heavy (non-hydrogen) atoms. The average molecular weight is 414 g/mol. The van der Waals surface area contributed by atoms with Crippen LogP contribution in [0, 0.1) is 5.92 Å². The summed E-state index contributed by atoms with van der Waals surface area (Å²) < 4.78 is 10.3. The highest BCUT2D eigenvalue weighted by Crippen LogP contribution is 2.25. The van der Waals surface area contributed by atoms with Gasteiger partial charge in [0, 0.05) is 18.9 Å². The monoisotopic (exact) mass is 413 g/mol. The van der Waals surface area contributed by atoms with Crippen LogP contribution >= 0.6 is 11.8 Å². The Bertz CT molecular complexity index is 513. The normalized spacial score (nSPS) is 15.5. The minimum Gasteiger partial charge on any atom is -0.486 e. The van der Waals surface area contributed by atoms with Crippen molar-refractivity contribution in [2.24, 2.45) is 5.92 Å². The Morgan fingerprint density at radius 2 is 1.86 bits per heavy atom. The summed E-state index contributed by atoms with van der Waals surface area (Å²) in [7, 11) is 0. The molecule has 1 rings (SSSR count). The molecule has 1 unspecified atom stereocenters. The van der Waals surface area contributed by atoms with Gasteiger partial charge in [0.05, 0.1) is 19.0 Å². The van der Waals surface area contributed by atoms with Crippen molar-refractivity contribution < 1.29 is 23.9 Å². The number of carbonyl (C=O) groups is 2. The second kappa shape index (κ2) is 15.6. The number of nitrogens with one attached hydrogen (secondary N) is 1. The molecule has 1 saturated carbocycles. The summed E-state index contributed by atoms with van der Waals surface area (Å²) in [4.78, 5) is 35.2. The zero-order valence-corrected chi connectivity index (χ0v) is 18.1. The minimum atomic E-state index is -0.396. The molecule has 0 aromatic rings. The number of thioether (sulfide) groups is 1. The van der Waals surface area contributed by atoms with E-state index in [1.54, 1.807) is 18.7 Å². The zero-order chi connectivity index (χ0) is 20.6. The number of hydrogen-bond acceptors (Lipinski definition) is 7. The lowest BCUT2D eigenvalue weighted by molar-refractivity contribution is -0.146. The Kier molecular flexibility index (Phi) is 13.8. The van der Waals surface area contributed by atoms with E-state index in [0.29, 0.717) is 49.9 Å². The van der Waals surface area contributed by atoms with Crippen molar-refractivity contribution in [1.82, 2.24) is 5.32 Å². The lowest BCUT2D eigenvalue weighted by atomic mass is 9.85. The van der Waals surface area contributed by atoms with E-state index in [1.165, 1.54) is 6.42 Å². The van der Waals surface area contributed by atoms with Crippen molar-refractivity contribution in [2.45, 2.75) is 71.3 Å². The first kappa shape index (κ1) is 24.7. The molecule has 0 heterocycles. The fraction of sp³-hybridized carbons (Fsp3) is 0.810. The maximum Gasteiger partial charge on any atom is 0.323 e. The van der Waals surface area contributed by atoms with Crippen LogP contribution in [0.5, 0.6) is 0 Å². The Hall–Kier alpha value is -1.30. The third-order valence-electron chi connectivity index (χ3n) is 4.84. The maximum atomic E-state index is 12.3. The van der Waals surface area contributed by atoms with Crippen molar-refractivity contribution in [2.75, 3.05) is 31.3 Å². The molecule has 1 atom stereocenters. The number of hydrogen-bond donors (Lipinski definition) is 1. The van der Waals surface area contributed by atoms with Gasteiger partial charge in [-0.15, -0.1) is 0 Å². The van der Waals surface area contributed by atoms with E-state index >= 15 is 0 Å². The van der Waals surface area contributed by atoms with E-state index in [0.717, 1.165) is 37.9 Å². The van der Waals surface area contributed by atoms with Crippen LogP contribution in [0.25, 0.3) is 0 Å². The summed E-state index contributed by atoms with van der Waals surface area (Å²) >= 11 is 1.58. The van der Waals surface area contributed by atoms with Gasteiger partial charge in [-0.25, -0.2) is 4.79 Å². The van der Waals surface area contributed by atoms with Crippen molar-refractivity contribution in [1.29, 1.82) is 0 Å². The fourth-order valence-electron chi connectivity index (χ4n) is 3.37. The van der Waals surface area contributed by atoms with Crippen molar-refractivity contribution in [3.63, 3.8) is 0 Å². The summed E-state index contributed by atoms with van der Waals surface area (Å²) in [5.41, 5.74) is 0. The van der Waals surface area contributed by atoms with E-state index in [-0.39, 0.29) is 11.9 Å². The van der Waals surface area contributed by atoms with Crippen LogP contribution in [0.15, 0.2) is 5.76 Å². The van der Waals surface area contributed by atoms with Crippen LogP contribution in [0.1, 0.15) is 65.2 Å². The summed E-state index contributed by atoms with van der Waals surface area (Å²) in [5, 5.41) is 3.21. The van der Waals surface area contributed by atoms with Crippen LogP contribution in [-0.2, 0) is 23.9 Å². The molecule has 0 amide bonds. The highest BCUT2D eigenvalue weighted by molar-refractivity contribution is 7.99. The van der Waals surface area contributed by atoms with Gasteiger partial charge < -0.3 is 14.8 Å². The van der Waals surface area contributed by atoms with Crippen LogP contribution in [0.2, 0.25) is 0 Å². The van der Waals surface area contributed by atoms with Gasteiger partial charge in [0.15, 0.2) is 11.7 Å². The first-order valence-electron chi connectivity index (χ1n) is 10.5. The summed E-state index contributed by atoms with van der Waals surface area (Å²) in [6.45, 7) is 4.93. The molecule has 0 aliphatic heterocycles. The number of rotatable bonds is 15. The topological polar surface area (TPSA) is 81.7 Å². The van der Waals surface area contributed by atoms with Crippen LogP contribution in [-0.4, -0.2) is 55.0 Å². The van der Waals surface area contributed by atoms with Crippen molar-refractivity contribution in [3.05, 3.63) is 5.76 Å². The molecule has 0 aromatic heterocycles. The smallest absolute Gasteiger partial charge is 0.323 e. The molecule has 1 N–H and O–H groups in total. The van der Waals surface area contributed by atoms with E-state index in [9.17, 15) is 14.4 Å². The van der Waals surface area contributed by atoms with E-state index < -0.39 is 6.04 Å². The fourth-order valence-corrected chi connectivity index (χ4v) is 4.22. The lowest BCUT2D eigenvalue weighted by Crippen LogP contribution is -2.39. The lowest BCUT2D eigenvalue weighted by Gasteiger charge is -2.21. The maximum absolute atomic E-state index is 12.3. The number of ether oxygens (including phenoxy) is 2. The molecular weight excluding hydrogens is 378 g/mol. The van der Waals surface area contributed by atoms with Gasteiger partial charge in [-0.2, -0.15) is 11.8 Å². The van der Waals surface area contributed by atoms with Gasteiger partial charge in [0.2, 0.25) is 0 Å². The number of esters is 1. The predicted octanol–water partition coefficient (Wildman–Crippen LogP) is 3.31. The van der Waals surface area contributed by atoms with Crippen LogP contribution < -0.4 is 5.32 Å². The first-order chi connectivity index (χ1) is 13.6. The summed E-state index contributed by atoms with van der Waals surface area (Å²) in [6.07, 6.45) is 7.46. The van der Waals surface area contributed by atoms with E-state index in [4.69, 9.17) is 9.47 Å². The van der Waals surface area contributed by atoms with Gasteiger partial charge in [-0.05, 0) is 45.3 Å². The third-order valence-corrected chi connectivity index (χ3v) is 5.88. The first-order valence-corrected chi connectivity index (χ1v) is 11.6. The predicted molar refractivity (Wildman–Crippen MR) is 112 cm³/mol. The molecule has 7 heteroatoms. The molecule has 0 saturated heterocycles. The molecule has 6 nitrogen and oxygen atoms in total.